The Kier molecular flexibility index (Phi) is 6.97. The van der Waals surface area contributed by atoms with Gasteiger partial charge < -0.3 is 2.85 Å². The van der Waals surface area contributed by atoms with E-state index in [-0.39, 0.29) is 51.7 Å². The molecule has 0 aromatic rings. The van der Waals surface area contributed by atoms with E-state index in [0.717, 1.165) is 7.11 Å². The molecule has 0 saturated carbocycles. The average Bonchev–Trinajstić information content (AvgIpc) is 1.35. The molecule has 0 spiro atoms. The first-order valence-electron chi connectivity index (χ1n) is 1.09. The molecule has 6 heteroatoms. The maximum atomic E-state index is 9.33. The summed E-state index contributed by atoms with van der Waals surface area (Å²) in [6, 6.07) is 0. The number of rotatable bonds is 1. The normalized spacial score (nSPS) is 10.0. The molecule has 0 unspecified atom stereocenters. The predicted octanol–water partition coefficient (Wildman–Crippen LogP) is -0.720. The smallest absolute Gasteiger partial charge is 1.00 e. The zero-order chi connectivity index (χ0) is 5.21. The van der Waals surface area contributed by atoms with Gasteiger partial charge in [0.05, 0.1) is 7.11 Å². The fraction of sp³-hybridized carbons (Fsp3) is 1.00. The molecule has 0 aliphatic carbocycles. The van der Waals surface area contributed by atoms with Crippen molar-refractivity contribution in [2.45, 2.75) is 0 Å². The van der Waals surface area contributed by atoms with Crippen LogP contribution in [0.4, 0.5) is 0 Å². The molecule has 0 aromatic heterocycles. The van der Waals surface area contributed by atoms with Crippen LogP contribution >= 0.6 is 0 Å². The van der Waals surface area contributed by atoms with E-state index < -0.39 is 10.4 Å². The molecule has 4 nitrogen and oxygen atoms in total. The van der Waals surface area contributed by atoms with Crippen molar-refractivity contribution in [3.05, 3.63) is 0 Å². The Labute approximate surface area is 85.2 Å². The fourth-order valence-electron chi connectivity index (χ4n) is 0. The molecule has 0 fully saturated rings. The second-order valence-electron chi connectivity index (χ2n) is 0.594. The van der Waals surface area contributed by atoms with Crippen molar-refractivity contribution in [3.8, 4) is 0 Å². The van der Waals surface area contributed by atoms with E-state index >= 15 is 0 Å². The van der Waals surface area contributed by atoms with Gasteiger partial charge in [0, 0.05) is 0 Å². The van der Waals surface area contributed by atoms with Crippen LogP contribution in [0.5, 0.6) is 0 Å². The van der Waals surface area contributed by atoms with Crippen molar-refractivity contribution in [3.63, 3.8) is 0 Å². The van der Waals surface area contributed by atoms with E-state index in [0.29, 0.717) is 0 Å². The molecule has 1 N–H and O–H groups in total. The van der Waals surface area contributed by atoms with Crippen LogP contribution in [0.1, 0.15) is 2.85 Å². The Morgan fingerprint density at radius 1 is 1.71 bits per heavy atom. The molecule has 0 radical (unpaired) electrons. The Morgan fingerprint density at radius 3 is 1.86 bits per heavy atom. The van der Waals surface area contributed by atoms with Crippen molar-refractivity contribution in [1.82, 2.24) is 0 Å². The van der Waals surface area contributed by atoms with Gasteiger partial charge in [-0.15, -0.1) is 0 Å². The quantitative estimate of drug-likeness (QED) is 0.493. The number of hydrogen-bond acceptors (Lipinski definition) is 3. The zero-order valence-electron chi connectivity index (χ0n) is 5.79. The van der Waals surface area contributed by atoms with Crippen LogP contribution in [0.3, 0.4) is 0 Å². The fourth-order valence-corrected chi connectivity index (χ4v) is 0. The van der Waals surface area contributed by atoms with E-state index in [1.165, 1.54) is 0 Å². The maximum absolute atomic E-state index is 9.33. The van der Waals surface area contributed by atoms with Crippen LogP contribution in [0.2, 0.25) is 0 Å². The molecule has 0 bridgehead atoms. The van der Waals surface area contributed by atoms with E-state index in [2.05, 4.69) is 4.18 Å². The molecular formula is CH6BaO4S. The molecule has 0 atom stereocenters. The summed E-state index contributed by atoms with van der Waals surface area (Å²) in [5, 5.41) is 0. The summed E-state index contributed by atoms with van der Waals surface area (Å²) < 4.78 is 29.7. The van der Waals surface area contributed by atoms with Crippen LogP contribution < -0.4 is 0 Å². The third-order valence-electron chi connectivity index (χ3n) is 0.211. The third kappa shape index (κ3) is 11.2. The minimum atomic E-state index is -4.16. The SMILES string of the molecule is COS(=O)(=O)O.[Ba+2].[H-].[H-]. The van der Waals surface area contributed by atoms with Gasteiger partial charge in [0.25, 0.3) is 0 Å². The van der Waals surface area contributed by atoms with Crippen LogP contribution in [-0.4, -0.2) is 69.0 Å². The van der Waals surface area contributed by atoms with Crippen molar-refractivity contribution in [2.75, 3.05) is 7.11 Å². The molecule has 0 aromatic carbocycles. The Balaban J connectivity index is -0.0000000417. The standard InChI is InChI=1S/CH4O4S.Ba.2H/c1-5-6(2,3)4;;;/h1H3,(H,2,3,4);;;/q;+2;2*-1. The largest absolute Gasteiger partial charge is 2.00 e. The van der Waals surface area contributed by atoms with Gasteiger partial charge in [-0.1, -0.05) is 0 Å². The van der Waals surface area contributed by atoms with Crippen molar-refractivity contribution in [2.24, 2.45) is 0 Å². The molecule has 0 rings (SSSR count). The van der Waals surface area contributed by atoms with Crippen LogP contribution in [0.15, 0.2) is 0 Å². The molecular weight excluding hydrogens is 245 g/mol. The van der Waals surface area contributed by atoms with Crippen LogP contribution in [0, 0.1) is 0 Å². The van der Waals surface area contributed by atoms with E-state index in [4.69, 9.17) is 4.55 Å². The molecule has 0 amide bonds. The summed E-state index contributed by atoms with van der Waals surface area (Å²) >= 11 is 0. The van der Waals surface area contributed by atoms with Gasteiger partial charge in [0.2, 0.25) is 0 Å². The Morgan fingerprint density at radius 2 is 1.86 bits per heavy atom. The summed E-state index contributed by atoms with van der Waals surface area (Å²) in [6.45, 7) is 0. The summed E-state index contributed by atoms with van der Waals surface area (Å²) in [5.74, 6) is 0. The summed E-state index contributed by atoms with van der Waals surface area (Å²) in [7, 11) is -3.29. The molecule has 42 valence electrons. The Bertz CT molecular complexity index is 121. The van der Waals surface area contributed by atoms with Gasteiger partial charge in [-0.25, -0.2) is 0 Å². The molecule has 7 heavy (non-hydrogen) atoms. The van der Waals surface area contributed by atoms with E-state index in [1.807, 2.05) is 0 Å². The molecule has 0 aliphatic heterocycles. The Hall–Kier alpha value is 1.44. The van der Waals surface area contributed by atoms with Gasteiger partial charge in [-0.2, -0.15) is 8.42 Å². The van der Waals surface area contributed by atoms with E-state index in [1.54, 1.807) is 0 Å². The maximum Gasteiger partial charge on any atom is 2.00 e. The minimum Gasteiger partial charge on any atom is -1.00 e. The van der Waals surface area contributed by atoms with Crippen LogP contribution in [-0.2, 0) is 14.6 Å². The van der Waals surface area contributed by atoms with Gasteiger partial charge >= 0.3 is 59.3 Å². The molecule has 0 heterocycles. The van der Waals surface area contributed by atoms with Crippen molar-refractivity contribution in [1.29, 1.82) is 0 Å². The van der Waals surface area contributed by atoms with Gasteiger partial charge in [0.1, 0.15) is 0 Å². The first-order valence-corrected chi connectivity index (χ1v) is 2.46. The minimum absolute atomic E-state index is 0. The monoisotopic (exact) mass is 252 g/mol. The summed E-state index contributed by atoms with van der Waals surface area (Å²) in [5.41, 5.74) is 0. The third-order valence-corrected chi connectivity index (χ3v) is 0.632. The van der Waals surface area contributed by atoms with Gasteiger partial charge in [0.15, 0.2) is 0 Å². The second kappa shape index (κ2) is 4.33. The second-order valence-corrected chi connectivity index (χ2v) is 1.78. The summed E-state index contributed by atoms with van der Waals surface area (Å²) in [6.07, 6.45) is 0. The predicted molar refractivity (Wildman–Crippen MR) is 26.5 cm³/mol. The van der Waals surface area contributed by atoms with Crippen LogP contribution in [0.25, 0.3) is 0 Å². The summed E-state index contributed by atoms with van der Waals surface area (Å²) in [4.78, 5) is 0. The number of hydrogen-bond donors (Lipinski definition) is 1. The van der Waals surface area contributed by atoms with Crippen molar-refractivity contribution < 1.29 is 20.0 Å². The van der Waals surface area contributed by atoms with Crippen molar-refractivity contribution >= 4 is 59.3 Å². The molecule has 0 saturated heterocycles. The zero-order valence-corrected chi connectivity index (χ0v) is 9.04. The average molecular weight is 251 g/mol. The van der Waals surface area contributed by atoms with Gasteiger partial charge in [-0.3, -0.25) is 8.74 Å². The topological polar surface area (TPSA) is 63.6 Å². The first-order chi connectivity index (χ1) is 2.56. The van der Waals surface area contributed by atoms with Gasteiger partial charge in [-0.05, 0) is 0 Å². The van der Waals surface area contributed by atoms with E-state index in [9.17, 15) is 8.42 Å². The molecule has 0 aliphatic rings. The first kappa shape index (κ1) is 11.3.